The molecule has 1 saturated carbocycles. The van der Waals surface area contributed by atoms with Gasteiger partial charge in [-0.05, 0) is 37.4 Å². The molecule has 7 heteroatoms. The second-order valence-electron chi connectivity index (χ2n) is 4.73. The first-order chi connectivity index (χ1) is 8.94. The fourth-order valence-corrected chi connectivity index (χ4v) is 3.83. The first-order valence-electron chi connectivity index (χ1n) is 6.11. The van der Waals surface area contributed by atoms with E-state index in [-0.39, 0.29) is 12.0 Å². The lowest BCUT2D eigenvalue weighted by atomic mass is 10.1. The monoisotopic (exact) mass is 290 g/mol. The van der Waals surface area contributed by atoms with E-state index in [0.29, 0.717) is 19.0 Å². The molecule has 1 aliphatic carbocycles. The Morgan fingerprint density at radius 2 is 2.05 bits per heavy atom. The van der Waals surface area contributed by atoms with E-state index in [4.69, 9.17) is 5.73 Å². The number of benzene rings is 1. The Hall–Kier alpha value is -1.05. The maximum absolute atomic E-state index is 13.5. The van der Waals surface area contributed by atoms with Gasteiger partial charge >= 0.3 is 0 Å². The first kappa shape index (κ1) is 14.4. The van der Waals surface area contributed by atoms with E-state index in [0.717, 1.165) is 25.0 Å². The van der Waals surface area contributed by atoms with E-state index in [9.17, 15) is 17.2 Å². The molecule has 19 heavy (non-hydrogen) atoms. The van der Waals surface area contributed by atoms with E-state index >= 15 is 0 Å². The summed E-state index contributed by atoms with van der Waals surface area (Å²) in [7, 11) is -3.98. The van der Waals surface area contributed by atoms with Crippen molar-refractivity contribution in [2.75, 3.05) is 6.54 Å². The van der Waals surface area contributed by atoms with E-state index in [1.165, 1.54) is 0 Å². The summed E-state index contributed by atoms with van der Waals surface area (Å²) in [5.41, 5.74) is 5.57. The maximum atomic E-state index is 13.5. The van der Waals surface area contributed by atoms with Crippen molar-refractivity contribution >= 4 is 10.0 Å². The summed E-state index contributed by atoms with van der Waals surface area (Å²) in [6.07, 6.45) is 2.43. The molecule has 0 aliphatic heterocycles. The van der Waals surface area contributed by atoms with Crippen LogP contribution >= 0.6 is 0 Å². The molecule has 0 aromatic heterocycles. The summed E-state index contributed by atoms with van der Waals surface area (Å²) in [6.45, 7) is 0.388. The number of hydrogen-bond donors (Lipinski definition) is 2. The quantitative estimate of drug-likeness (QED) is 0.879. The van der Waals surface area contributed by atoms with Crippen LogP contribution in [0.5, 0.6) is 0 Å². The van der Waals surface area contributed by atoms with Crippen molar-refractivity contribution < 1.29 is 17.2 Å². The summed E-state index contributed by atoms with van der Waals surface area (Å²) in [4.78, 5) is -0.531. The number of nitrogens with one attached hydrogen (secondary N) is 1. The smallest absolute Gasteiger partial charge is 0.243 e. The number of nitrogens with two attached hydrogens (primary N) is 1. The molecule has 2 atom stereocenters. The summed E-state index contributed by atoms with van der Waals surface area (Å²) in [5.74, 6) is -1.83. The average molecular weight is 290 g/mol. The van der Waals surface area contributed by atoms with Gasteiger partial charge in [0.2, 0.25) is 10.0 Å². The highest BCUT2D eigenvalue weighted by atomic mass is 32.2. The molecule has 0 unspecified atom stereocenters. The van der Waals surface area contributed by atoms with Gasteiger partial charge in [0.25, 0.3) is 0 Å². The molecule has 3 N–H and O–H groups in total. The third kappa shape index (κ3) is 3.10. The second-order valence-corrected chi connectivity index (χ2v) is 6.41. The molecular weight excluding hydrogens is 274 g/mol. The average Bonchev–Trinajstić information content (AvgIpc) is 2.74. The molecule has 4 nitrogen and oxygen atoms in total. The van der Waals surface area contributed by atoms with Crippen LogP contribution in [0.15, 0.2) is 23.1 Å². The second kappa shape index (κ2) is 5.52. The van der Waals surface area contributed by atoms with Gasteiger partial charge in [-0.25, -0.2) is 21.9 Å². The van der Waals surface area contributed by atoms with Crippen LogP contribution in [0.1, 0.15) is 19.3 Å². The van der Waals surface area contributed by atoms with Crippen molar-refractivity contribution in [1.82, 2.24) is 4.72 Å². The van der Waals surface area contributed by atoms with Crippen LogP contribution < -0.4 is 10.5 Å². The zero-order chi connectivity index (χ0) is 14.0. The minimum atomic E-state index is -3.98. The highest BCUT2D eigenvalue weighted by molar-refractivity contribution is 7.89. The van der Waals surface area contributed by atoms with Gasteiger partial charge < -0.3 is 5.73 Å². The summed E-state index contributed by atoms with van der Waals surface area (Å²) >= 11 is 0. The van der Waals surface area contributed by atoms with Gasteiger partial charge in [0.15, 0.2) is 0 Å². The van der Waals surface area contributed by atoms with E-state index in [1.54, 1.807) is 0 Å². The van der Waals surface area contributed by atoms with Crippen molar-refractivity contribution in [3.63, 3.8) is 0 Å². The van der Waals surface area contributed by atoms with Crippen LogP contribution in [-0.4, -0.2) is 21.0 Å². The predicted molar refractivity (Wildman–Crippen MR) is 66.9 cm³/mol. The van der Waals surface area contributed by atoms with Crippen LogP contribution in [-0.2, 0) is 10.0 Å². The van der Waals surface area contributed by atoms with Gasteiger partial charge in [0.05, 0.1) is 0 Å². The van der Waals surface area contributed by atoms with Crippen LogP contribution in [0.25, 0.3) is 0 Å². The molecule has 1 aromatic carbocycles. The lowest BCUT2D eigenvalue weighted by Gasteiger charge is -2.19. The van der Waals surface area contributed by atoms with Crippen molar-refractivity contribution in [2.24, 2.45) is 11.7 Å². The Bertz CT molecular complexity index is 563. The predicted octanol–water partition coefficient (Wildman–Crippen LogP) is 1.37. The normalized spacial score (nSPS) is 23.7. The van der Waals surface area contributed by atoms with Crippen molar-refractivity contribution in [2.45, 2.75) is 30.2 Å². The molecule has 0 radical (unpaired) electrons. The maximum Gasteiger partial charge on any atom is 0.243 e. The number of hydrogen-bond acceptors (Lipinski definition) is 3. The number of rotatable bonds is 4. The standard InChI is InChI=1S/C12H16F2N2O2S/c13-9-4-5-12(10(14)6-9)19(17,18)16-11-3-1-2-8(11)7-15/h4-6,8,11,16H,1-3,7,15H2/t8-,11-/m1/s1. The molecule has 1 fully saturated rings. The summed E-state index contributed by atoms with van der Waals surface area (Å²) < 4.78 is 52.9. The van der Waals surface area contributed by atoms with Gasteiger partial charge in [0.1, 0.15) is 16.5 Å². The zero-order valence-electron chi connectivity index (χ0n) is 10.3. The molecule has 1 aliphatic rings. The Balaban J connectivity index is 2.23. The Morgan fingerprint density at radius 3 is 2.68 bits per heavy atom. The third-order valence-corrected chi connectivity index (χ3v) is 4.97. The molecule has 0 amide bonds. The van der Waals surface area contributed by atoms with Crippen molar-refractivity contribution in [1.29, 1.82) is 0 Å². The third-order valence-electron chi connectivity index (χ3n) is 3.45. The van der Waals surface area contributed by atoms with Crippen molar-refractivity contribution in [3.8, 4) is 0 Å². The lowest BCUT2D eigenvalue weighted by molar-refractivity contribution is 0.450. The van der Waals surface area contributed by atoms with E-state index < -0.39 is 26.6 Å². The van der Waals surface area contributed by atoms with Gasteiger partial charge in [-0.15, -0.1) is 0 Å². The highest BCUT2D eigenvalue weighted by Gasteiger charge is 2.31. The fraction of sp³-hybridized carbons (Fsp3) is 0.500. The van der Waals surface area contributed by atoms with Gasteiger partial charge in [-0.1, -0.05) is 6.42 Å². The summed E-state index contributed by atoms with van der Waals surface area (Å²) in [5, 5.41) is 0. The lowest BCUT2D eigenvalue weighted by Crippen LogP contribution is -2.40. The molecular formula is C12H16F2N2O2S. The SMILES string of the molecule is NC[C@H]1CCC[C@H]1NS(=O)(=O)c1ccc(F)cc1F. The number of halogens is 2. The number of sulfonamides is 1. The van der Waals surface area contributed by atoms with Gasteiger partial charge in [-0.3, -0.25) is 0 Å². The molecule has 1 aromatic rings. The molecule has 0 spiro atoms. The van der Waals surface area contributed by atoms with Gasteiger partial charge in [-0.2, -0.15) is 0 Å². The molecule has 106 valence electrons. The zero-order valence-corrected chi connectivity index (χ0v) is 11.1. The molecule has 0 saturated heterocycles. The van der Waals surface area contributed by atoms with E-state index in [1.807, 2.05) is 0 Å². The Labute approximate surface area is 111 Å². The van der Waals surface area contributed by atoms with Crippen molar-refractivity contribution in [3.05, 3.63) is 29.8 Å². The Morgan fingerprint density at radius 1 is 1.32 bits per heavy atom. The van der Waals surface area contributed by atoms with Crippen LogP contribution in [0.3, 0.4) is 0 Å². The van der Waals surface area contributed by atoms with E-state index in [2.05, 4.69) is 4.72 Å². The Kier molecular flexibility index (Phi) is 4.17. The molecule has 2 rings (SSSR count). The minimum absolute atomic E-state index is 0.0679. The largest absolute Gasteiger partial charge is 0.330 e. The first-order valence-corrected chi connectivity index (χ1v) is 7.60. The fourth-order valence-electron chi connectivity index (χ4n) is 2.43. The van der Waals surface area contributed by atoms with Gasteiger partial charge in [0, 0.05) is 12.1 Å². The highest BCUT2D eigenvalue weighted by Crippen LogP contribution is 2.26. The minimum Gasteiger partial charge on any atom is -0.330 e. The summed E-state index contributed by atoms with van der Waals surface area (Å²) in [6, 6.07) is 2.13. The topological polar surface area (TPSA) is 72.2 Å². The van der Waals surface area contributed by atoms with Crippen LogP contribution in [0.2, 0.25) is 0 Å². The van der Waals surface area contributed by atoms with Crippen LogP contribution in [0, 0.1) is 17.6 Å². The molecule has 0 bridgehead atoms. The van der Waals surface area contributed by atoms with Crippen LogP contribution in [0.4, 0.5) is 8.78 Å². The molecule has 0 heterocycles.